The number of likely N-dealkylation sites (N-methyl/N-ethyl adjacent to an activating group) is 1. The summed E-state index contributed by atoms with van der Waals surface area (Å²) in [5.74, 6) is 1.51. The Balaban J connectivity index is 1.20. The number of hydrogen-bond donors (Lipinski definition) is 3. The molecule has 1 aromatic carbocycles. The monoisotopic (exact) mass is 510 g/mol. The first-order valence-electron chi connectivity index (χ1n) is 13.2. The number of carbonyl (C=O) groups excluding carboxylic acids is 1. The highest BCUT2D eigenvalue weighted by atomic mass is 16.1. The zero-order valence-electron chi connectivity index (χ0n) is 21.9. The molecule has 196 valence electrons. The lowest BCUT2D eigenvalue weighted by molar-refractivity contribution is 0.0964. The lowest BCUT2D eigenvalue weighted by atomic mass is 10.0. The van der Waals surface area contributed by atoms with Crippen LogP contribution in [0.5, 0.6) is 0 Å². The van der Waals surface area contributed by atoms with Gasteiger partial charge in [-0.1, -0.05) is 25.1 Å². The van der Waals surface area contributed by atoms with Crippen LogP contribution in [0.2, 0.25) is 0 Å². The molecule has 0 bridgehead atoms. The first-order chi connectivity index (χ1) is 18.7. The minimum absolute atomic E-state index is 0.114. The Morgan fingerprint density at radius 2 is 1.97 bits per heavy atom. The molecule has 1 unspecified atom stereocenters. The summed E-state index contributed by atoms with van der Waals surface area (Å²) in [6.07, 6.45) is 8.35. The molecule has 4 aromatic rings. The molecule has 1 saturated heterocycles. The quantitative estimate of drug-likeness (QED) is 0.294. The summed E-state index contributed by atoms with van der Waals surface area (Å²) >= 11 is 0. The van der Waals surface area contributed by atoms with E-state index >= 15 is 0 Å². The maximum Gasteiger partial charge on any atom is 0.251 e. The Hall–Kier alpha value is -4.11. The second-order valence-electron chi connectivity index (χ2n) is 9.45. The number of likely N-dealkylation sites (tertiary alicyclic amines) is 1. The number of fused-ring (bicyclic) bond motifs is 1. The van der Waals surface area contributed by atoms with Gasteiger partial charge in [-0.05, 0) is 56.1 Å². The smallest absolute Gasteiger partial charge is 0.251 e. The van der Waals surface area contributed by atoms with Crippen molar-refractivity contribution in [2.45, 2.75) is 32.2 Å². The molecule has 5 rings (SSSR count). The number of pyridine rings is 2. The third-order valence-electron chi connectivity index (χ3n) is 7.18. The summed E-state index contributed by atoms with van der Waals surface area (Å²) in [6.45, 7) is 6.09. The fraction of sp³-hybridized carbons (Fsp3) is 0.345. The van der Waals surface area contributed by atoms with Gasteiger partial charge in [0, 0.05) is 55.6 Å². The first kappa shape index (κ1) is 25.5. The number of anilines is 2. The molecular weight excluding hydrogens is 476 g/mol. The van der Waals surface area contributed by atoms with E-state index in [-0.39, 0.29) is 5.91 Å². The predicted octanol–water partition coefficient (Wildman–Crippen LogP) is 4.00. The molecule has 0 saturated carbocycles. The Bertz CT molecular complexity index is 1390. The number of nitrogens with zero attached hydrogens (tertiary/aromatic N) is 5. The molecule has 38 heavy (non-hydrogen) atoms. The summed E-state index contributed by atoms with van der Waals surface area (Å²) in [7, 11) is 1.64. The van der Waals surface area contributed by atoms with E-state index in [1.165, 1.54) is 19.4 Å². The SMILES string of the molecule is CCN1CCCC1CNc1ccc(-c2cc(NCCc3cccc4c(C(=O)NC)ccnc34)ncn2)cn1. The van der Waals surface area contributed by atoms with Crippen molar-refractivity contribution in [3.63, 3.8) is 0 Å². The molecule has 0 spiro atoms. The largest absolute Gasteiger partial charge is 0.370 e. The predicted molar refractivity (Wildman–Crippen MR) is 151 cm³/mol. The number of aromatic nitrogens is 4. The molecule has 1 fully saturated rings. The molecule has 9 nitrogen and oxygen atoms in total. The van der Waals surface area contributed by atoms with Crippen molar-refractivity contribution in [3.05, 3.63) is 72.3 Å². The molecule has 0 radical (unpaired) electrons. The number of benzene rings is 1. The van der Waals surface area contributed by atoms with Crippen LogP contribution in [0.1, 0.15) is 35.7 Å². The van der Waals surface area contributed by atoms with Crippen LogP contribution in [0.25, 0.3) is 22.2 Å². The number of carbonyl (C=O) groups is 1. The van der Waals surface area contributed by atoms with Crippen LogP contribution >= 0.6 is 0 Å². The molecule has 4 heterocycles. The van der Waals surface area contributed by atoms with E-state index in [0.717, 1.165) is 58.9 Å². The average molecular weight is 511 g/mol. The van der Waals surface area contributed by atoms with Crippen molar-refractivity contribution in [3.8, 4) is 11.3 Å². The van der Waals surface area contributed by atoms with Gasteiger partial charge in [0.05, 0.1) is 16.8 Å². The minimum atomic E-state index is -0.114. The van der Waals surface area contributed by atoms with E-state index in [1.54, 1.807) is 25.6 Å². The highest BCUT2D eigenvalue weighted by molar-refractivity contribution is 6.06. The van der Waals surface area contributed by atoms with Crippen LogP contribution in [-0.2, 0) is 6.42 Å². The minimum Gasteiger partial charge on any atom is -0.370 e. The van der Waals surface area contributed by atoms with Crippen LogP contribution < -0.4 is 16.0 Å². The lowest BCUT2D eigenvalue weighted by Crippen LogP contribution is -2.34. The van der Waals surface area contributed by atoms with Gasteiger partial charge in [-0.3, -0.25) is 14.7 Å². The van der Waals surface area contributed by atoms with E-state index < -0.39 is 0 Å². The van der Waals surface area contributed by atoms with Crippen LogP contribution in [-0.4, -0.2) is 70.0 Å². The van der Waals surface area contributed by atoms with Crippen molar-refractivity contribution in [1.29, 1.82) is 0 Å². The Morgan fingerprint density at radius 1 is 1.05 bits per heavy atom. The normalized spacial score (nSPS) is 15.5. The molecule has 1 amide bonds. The number of rotatable bonds is 10. The van der Waals surface area contributed by atoms with Gasteiger partial charge >= 0.3 is 0 Å². The van der Waals surface area contributed by atoms with Crippen LogP contribution in [0.4, 0.5) is 11.6 Å². The van der Waals surface area contributed by atoms with Gasteiger partial charge < -0.3 is 16.0 Å². The highest BCUT2D eigenvalue weighted by Crippen LogP contribution is 2.23. The molecule has 3 aromatic heterocycles. The maximum atomic E-state index is 12.2. The second-order valence-corrected chi connectivity index (χ2v) is 9.45. The van der Waals surface area contributed by atoms with Crippen molar-refractivity contribution >= 4 is 28.4 Å². The van der Waals surface area contributed by atoms with Gasteiger partial charge in [-0.2, -0.15) is 0 Å². The topological polar surface area (TPSA) is 108 Å². The highest BCUT2D eigenvalue weighted by Gasteiger charge is 2.22. The van der Waals surface area contributed by atoms with E-state index in [0.29, 0.717) is 18.2 Å². The molecule has 0 aliphatic carbocycles. The number of amides is 1. The van der Waals surface area contributed by atoms with Crippen LogP contribution in [0.15, 0.2) is 61.2 Å². The third kappa shape index (κ3) is 5.73. The second kappa shape index (κ2) is 12.0. The molecule has 1 aliphatic heterocycles. The van der Waals surface area contributed by atoms with Crippen molar-refractivity contribution in [2.24, 2.45) is 0 Å². The van der Waals surface area contributed by atoms with E-state index in [9.17, 15) is 4.79 Å². The maximum absolute atomic E-state index is 12.2. The molecule has 3 N–H and O–H groups in total. The zero-order valence-corrected chi connectivity index (χ0v) is 21.9. The molecular formula is C29H34N8O. The Labute approximate surface area is 223 Å². The summed E-state index contributed by atoms with van der Waals surface area (Å²) in [6, 6.07) is 14.3. The van der Waals surface area contributed by atoms with Gasteiger partial charge in [0.25, 0.3) is 5.91 Å². The fourth-order valence-corrected chi connectivity index (χ4v) is 5.12. The van der Waals surface area contributed by atoms with Gasteiger partial charge in [0.2, 0.25) is 0 Å². The summed E-state index contributed by atoms with van der Waals surface area (Å²) in [5.41, 5.74) is 4.30. The summed E-state index contributed by atoms with van der Waals surface area (Å²) in [5, 5.41) is 10.4. The van der Waals surface area contributed by atoms with Crippen molar-refractivity contribution < 1.29 is 4.79 Å². The van der Waals surface area contributed by atoms with E-state index in [1.807, 2.05) is 42.6 Å². The van der Waals surface area contributed by atoms with E-state index in [2.05, 4.69) is 47.7 Å². The number of hydrogen-bond acceptors (Lipinski definition) is 8. The number of nitrogens with one attached hydrogen (secondary N) is 3. The van der Waals surface area contributed by atoms with E-state index in [4.69, 9.17) is 0 Å². The lowest BCUT2D eigenvalue weighted by Gasteiger charge is -2.23. The van der Waals surface area contributed by atoms with Crippen molar-refractivity contribution in [1.82, 2.24) is 30.2 Å². The van der Waals surface area contributed by atoms with Crippen molar-refractivity contribution in [2.75, 3.05) is 43.9 Å². The zero-order chi connectivity index (χ0) is 26.3. The number of para-hydroxylation sites is 1. The van der Waals surface area contributed by atoms with Crippen LogP contribution in [0.3, 0.4) is 0 Å². The summed E-state index contributed by atoms with van der Waals surface area (Å²) < 4.78 is 0. The third-order valence-corrected chi connectivity index (χ3v) is 7.18. The Morgan fingerprint density at radius 3 is 2.79 bits per heavy atom. The molecule has 9 heteroatoms. The van der Waals surface area contributed by atoms with Gasteiger partial charge in [0.15, 0.2) is 0 Å². The molecule has 1 aliphatic rings. The standard InChI is InChI=1S/C29H34N8O/c1-3-37-15-5-7-22(37)18-34-26-10-9-21(17-33-26)25-16-27(36-19-35-25)31-13-11-20-6-4-8-23-24(29(38)30-2)12-14-32-28(20)23/h4,6,8-10,12,14,16-17,19,22H,3,5,7,11,13,15,18H2,1-2H3,(H,30,38)(H,33,34)(H,31,35,36). The first-order valence-corrected chi connectivity index (χ1v) is 13.2. The van der Waals surface area contributed by atoms with Gasteiger partial charge in [-0.15, -0.1) is 0 Å². The summed E-state index contributed by atoms with van der Waals surface area (Å²) in [4.78, 5) is 32.7. The van der Waals surface area contributed by atoms with Crippen LogP contribution in [0, 0.1) is 0 Å². The Kier molecular flexibility index (Phi) is 8.04. The molecule has 1 atom stereocenters. The fourth-order valence-electron chi connectivity index (χ4n) is 5.12. The average Bonchev–Trinajstić information content (AvgIpc) is 3.43. The van der Waals surface area contributed by atoms with Gasteiger partial charge in [0.1, 0.15) is 18.0 Å². The van der Waals surface area contributed by atoms with Gasteiger partial charge in [-0.25, -0.2) is 15.0 Å².